The van der Waals surface area contributed by atoms with Gasteiger partial charge in [0.15, 0.2) is 13.2 Å². The zero-order chi connectivity index (χ0) is 114. The minimum atomic E-state index is -5.78. The monoisotopic (exact) mass is 1960 g/mol. The molecule has 0 aromatic carbocycles. The molecular formula is C90H130F20N18O6. The van der Waals surface area contributed by atoms with Crippen LogP contribution in [0.1, 0.15) is 207 Å². The molecule has 0 spiro atoms. The van der Waals surface area contributed by atoms with Gasteiger partial charge in [0, 0.05) is 148 Å². The minimum absolute atomic E-state index is 0.0286. The maximum Gasteiger partial charge on any atom is 0.472 e. The molecule has 12 heterocycles. The maximum absolute atomic E-state index is 14.0. The van der Waals surface area contributed by atoms with Crippen LogP contribution in [0.25, 0.3) is 0 Å². The van der Waals surface area contributed by atoms with E-state index in [-0.39, 0.29) is 191 Å². The fourth-order valence-electron chi connectivity index (χ4n) is 13.9. The normalized spacial score (nSPS) is 22.7. The third kappa shape index (κ3) is 34.1. The van der Waals surface area contributed by atoms with Crippen LogP contribution in [0.4, 0.5) is 87.8 Å². The standard InChI is InChI=1S/2C15H19F6N3O.4C15H23F2N3O/c1-3-13(16,17)15(20,21)14(18,19)8-25-12-11(22-9-23-12)10-5-4-6-24(2)7-10;1-3-6-13(16,17)14(18,19)15(20,21)25-12-11(22-9-23-12)10-5-4-7-24(2)8-10;1-3-15(16,17)7-5-9-21-14-13(18-11-19-14)12-6-4-8-20(2)10-12;1-3-6-15(16,17)7-9-21-14-13(18-11-19-14)12-5-4-8-20(2)10-12;1-3-4-7-15(16,17)10-21-14-13(18-11-19-14)12-6-5-8-20(2)9-12;1-3-4-5-8-15(16,17)21-14-13(18-11-19-14)12-7-6-9-20(2)10-12/h2*5H,3-4,6-9H2,1-2H3;6H,3-5,7-11H2,1-2H3;5H,3-4,6-11H2,1-2H3;6H,3-5,7-11H2,1-2H3;7H,3-6,8-11H2,1-2H3/i6*2D3. The van der Waals surface area contributed by atoms with E-state index in [4.69, 9.17) is 43.6 Å². The van der Waals surface area contributed by atoms with E-state index in [1.165, 1.54) is 32.6 Å². The highest BCUT2D eigenvalue weighted by atomic mass is 19.4. The van der Waals surface area contributed by atoms with Crippen LogP contribution in [-0.2, 0) is 28.4 Å². The highest BCUT2D eigenvalue weighted by Crippen LogP contribution is 2.50. The molecule has 0 bridgehead atoms. The van der Waals surface area contributed by atoms with Crippen LogP contribution in [-0.4, -0.2) is 345 Å². The van der Waals surface area contributed by atoms with E-state index in [1.807, 2.05) is 38.2 Å². The van der Waals surface area contributed by atoms with Gasteiger partial charge in [0.05, 0.1) is 19.6 Å². The molecule has 0 aromatic rings. The van der Waals surface area contributed by atoms with Crippen molar-refractivity contribution >= 4 is 69.7 Å². The van der Waals surface area contributed by atoms with Crippen molar-refractivity contribution in [2.75, 3.05) is 187 Å². The van der Waals surface area contributed by atoms with E-state index >= 15 is 0 Å². The van der Waals surface area contributed by atoms with Crippen molar-refractivity contribution in [2.24, 2.45) is 59.9 Å². The number of hydrogen-bond donors (Lipinski definition) is 0. The van der Waals surface area contributed by atoms with Gasteiger partial charge in [0.25, 0.3) is 11.8 Å². The van der Waals surface area contributed by atoms with Crippen LogP contribution in [0.15, 0.2) is 130 Å². The van der Waals surface area contributed by atoms with E-state index in [2.05, 4.69) is 69.4 Å². The largest absolute Gasteiger partial charge is 0.476 e. The number of likely N-dealkylation sites (N-methyl/N-ethyl adjacent to an activating group) is 6. The summed E-state index contributed by atoms with van der Waals surface area (Å²) in [7, 11) is 0. The molecular weight excluding hydrogens is 1810 g/mol. The second-order valence-corrected chi connectivity index (χ2v) is 32.4. The Bertz CT molecular complexity index is 5150. The zero-order valence-electron chi connectivity index (χ0n) is 93.6. The summed E-state index contributed by atoms with van der Waals surface area (Å²) in [4.78, 5) is 55.4. The summed E-state index contributed by atoms with van der Waals surface area (Å²) in [6, 6.07) is 0. The zero-order valence-corrected chi connectivity index (χ0v) is 75.6. The number of alkyl halides is 20. The highest BCUT2D eigenvalue weighted by Gasteiger charge is 2.74. The van der Waals surface area contributed by atoms with E-state index < -0.39 is 152 Å². The molecule has 12 aliphatic heterocycles. The number of unbranched alkanes of at least 4 members (excludes halogenated alkanes) is 3. The second kappa shape index (κ2) is 51.9. The lowest BCUT2D eigenvalue weighted by Gasteiger charge is -2.32. The average Bonchev–Trinajstić information content (AvgIpc) is 1.12. The lowest BCUT2D eigenvalue weighted by Crippen LogP contribution is -2.56. The van der Waals surface area contributed by atoms with Gasteiger partial charge in [-0.3, -0.25) is 30.0 Å². The van der Waals surface area contributed by atoms with Crippen molar-refractivity contribution in [3.05, 3.63) is 69.9 Å². The molecule has 24 nitrogen and oxygen atoms in total. The molecule has 0 atom stereocenters. The van der Waals surface area contributed by atoms with Crippen molar-refractivity contribution < 1.29 is 141 Å². The van der Waals surface area contributed by atoms with Crippen LogP contribution < -0.4 is 0 Å². The molecule has 0 saturated heterocycles. The summed E-state index contributed by atoms with van der Waals surface area (Å²) in [6.45, 7) is -5.06. The van der Waals surface area contributed by atoms with Gasteiger partial charge in [-0.25, -0.2) is 56.3 Å². The molecule has 756 valence electrons. The highest BCUT2D eigenvalue weighted by molar-refractivity contribution is 6.49. The quantitative estimate of drug-likeness (QED) is 0.0422. The number of hydrogen-bond acceptors (Lipinski definition) is 24. The van der Waals surface area contributed by atoms with E-state index in [0.717, 1.165) is 34.3 Å². The molecule has 0 aromatic heterocycles. The van der Waals surface area contributed by atoms with Gasteiger partial charge in [-0.1, -0.05) is 110 Å². The Morgan fingerprint density at radius 3 is 0.955 bits per heavy atom. The van der Waals surface area contributed by atoms with Gasteiger partial charge in [0.1, 0.15) is 74.3 Å². The fraction of sp³-hybridized carbons (Fsp3) is 0.733. The van der Waals surface area contributed by atoms with Crippen molar-refractivity contribution in [1.29, 1.82) is 0 Å². The molecule has 44 heteroatoms. The van der Waals surface area contributed by atoms with Gasteiger partial charge < -0.3 is 57.8 Å². The third-order valence-corrected chi connectivity index (χ3v) is 21.4. The lowest BCUT2D eigenvalue weighted by molar-refractivity contribution is -0.377. The second-order valence-electron chi connectivity index (χ2n) is 32.4. The molecule has 0 N–H and O–H groups in total. The molecule has 12 aliphatic rings. The van der Waals surface area contributed by atoms with E-state index in [1.54, 1.807) is 13.0 Å². The van der Waals surface area contributed by atoms with Crippen molar-refractivity contribution in [1.82, 2.24) is 29.4 Å². The lowest BCUT2D eigenvalue weighted by atomic mass is 10.0. The van der Waals surface area contributed by atoms with Crippen LogP contribution >= 0.6 is 0 Å². The Balaban J connectivity index is 0.000000247. The topological polar surface area (TPSA) is 223 Å². The maximum atomic E-state index is 14.0. The number of rotatable bonds is 36. The van der Waals surface area contributed by atoms with Crippen LogP contribution in [0.5, 0.6) is 0 Å². The first kappa shape index (κ1) is 87.2. The average molecular weight is 1960 g/mol. The Morgan fingerprint density at radius 2 is 0.612 bits per heavy atom. The summed E-state index contributed by atoms with van der Waals surface area (Å²) in [5.74, 6) is -35.8. The summed E-state index contributed by atoms with van der Waals surface area (Å²) in [5.41, 5.74) is 4.51. The summed E-state index contributed by atoms with van der Waals surface area (Å²) < 4.78 is 436. The first-order valence-corrected chi connectivity index (χ1v) is 44.3. The smallest absolute Gasteiger partial charge is 0.472 e. The number of halogens is 20. The van der Waals surface area contributed by atoms with E-state index in [0.29, 0.717) is 137 Å². The van der Waals surface area contributed by atoms with Crippen molar-refractivity contribution in [3.8, 4) is 0 Å². The summed E-state index contributed by atoms with van der Waals surface area (Å²) in [5, 5.41) is 0. The van der Waals surface area contributed by atoms with Crippen molar-refractivity contribution in [3.63, 3.8) is 0 Å². The van der Waals surface area contributed by atoms with Gasteiger partial charge >= 0.3 is 41.8 Å². The summed E-state index contributed by atoms with van der Waals surface area (Å²) in [6.07, 6.45) is 3.49. The minimum Gasteiger partial charge on any atom is -0.476 e. The predicted molar refractivity (Wildman–Crippen MR) is 483 cm³/mol. The Labute approximate surface area is 797 Å². The molecule has 134 heavy (non-hydrogen) atoms. The molecule has 0 radical (unpaired) electrons. The molecule has 0 amide bonds. The number of ether oxygens (including phenoxy) is 6. The molecule has 0 unspecified atom stereocenters. The fourth-order valence-corrected chi connectivity index (χ4v) is 13.9. The Morgan fingerprint density at radius 1 is 0.284 bits per heavy atom. The van der Waals surface area contributed by atoms with Gasteiger partial charge in [-0.2, -0.15) is 61.5 Å². The SMILES string of the molecule is [2H]C([2H])([2H])N1CCC=C(C2=NCN=C2OC(F)(F)C(F)(F)C(F)(F)CCC)C1.[2H]C([2H])([2H])N1CCC=C(C2=NCN=C2OC(F)(F)CCCCC)C1.[2H]C([2H])([2H])N1CCC=C(C2=NCN=C2OCC(F)(F)C(F)(F)C(F)(F)CC)C1.[2H]C([2H])([2H])N1CCC=C(C2=NCN=C2OCC(F)(F)CCCC)C1.[2H]C([2H])([2H])N1CCC=C(C2=NCN=C2OCCC(F)(F)CCC)C1.[2H]C([2H])([2H])N1CCC=C(C2=NCN=C2OCCCC(F)(F)CC)C1. The predicted octanol–water partition coefficient (Wildman–Crippen LogP) is 19.1. The van der Waals surface area contributed by atoms with Crippen LogP contribution in [0.3, 0.4) is 0 Å². The Hall–Kier alpha value is -8.36. The van der Waals surface area contributed by atoms with Gasteiger partial charge in [-0.05, 0) is 133 Å². The third-order valence-electron chi connectivity index (χ3n) is 21.4. The molecule has 12 rings (SSSR count). The van der Waals surface area contributed by atoms with Gasteiger partial charge in [-0.15, -0.1) is 0 Å². The van der Waals surface area contributed by atoms with Gasteiger partial charge in [0.2, 0.25) is 41.3 Å². The van der Waals surface area contributed by atoms with Crippen LogP contribution in [0.2, 0.25) is 0 Å². The Kier molecular flexibility index (Phi) is 33.7. The molecule has 0 saturated carbocycles. The number of aliphatic imine (C=N–C) groups is 12. The van der Waals surface area contributed by atoms with Crippen LogP contribution in [0, 0.1) is 0 Å². The molecule has 0 aliphatic carbocycles. The van der Waals surface area contributed by atoms with Crippen molar-refractivity contribution in [2.45, 2.75) is 242 Å². The summed E-state index contributed by atoms with van der Waals surface area (Å²) >= 11 is 0. The first-order chi connectivity index (χ1) is 70.4. The first-order valence-electron chi connectivity index (χ1n) is 53.3. The molecule has 0 fully saturated rings. The van der Waals surface area contributed by atoms with E-state index in [9.17, 15) is 87.8 Å². The number of nitrogens with zero attached hydrogens (tertiary/aromatic N) is 18.